The van der Waals surface area contributed by atoms with E-state index in [1.807, 2.05) is 0 Å². The third-order valence-corrected chi connectivity index (χ3v) is 2.83. The Bertz CT molecular complexity index is 101. The predicted molar refractivity (Wildman–Crippen MR) is 56.3 cm³/mol. The van der Waals surface area contributed by atoms with Gasteiger partial charge in [0, 0.05) is 0 Å². The maximum absolute atomic E-state index is 2.39. The maximum atomic E-state index is 2.39. The molecule has 0 spiro atoms. The fraction of sp³-hybridized carbons (Fsp3) is 1.00. The first-order valence-electron chi connectivity index (χ1n) is 5.52. The molecule has 12 heavy (non-hydrogen) atoms. The van der Waals surface area contributed by atoms with Gasteiger partial charge in [-0.2, -0.15) is 0 Å². The number of hydrogen-bond donors (Lipinski definition) is 0. The van der Waals surface area contributed by atoms with Crippen LogP contribution in [-0.2, 0) is 0 Å². The minimum absolute atomic E-state index is 1.27. The molecule has 0 saturated carbocycles. The Morgan fingerprint density at radius 3 is 1.92 bits per heavy atom. The SMILES string of the molecule is CCCCC[N+](C)(CC)CCC. The number of unbranched alkanes of at least 4 members (excludes halogenated alkanes) is 2. The Morgan fingerprint density at radius 2 is 1.50 bits per heavy atom. The molecule has 0 aromatic rings. The van der Waals surface area contributed by atoms with Gasteiger partial charge in [-0.1, -0.05) is 20.3 Å². The third kappa shape index (κ3) is 4.76. The molecule has 0 bridgehead atoms. The average Bonchev–Trinajstić information content (AvgIpc) is 2.06. The zero-order chi connectivity index (χ0) is 9.45. The van der Waals surface area contributed by atoms with E-state index in [1.165, 1.54) is 49.8 Å². The van der Waals surface area contributed by atoms with E-state index in [0.717, 1.165) is 0 Å². The standard InChI is InChI=1S/C11H26N/c1-5-8-9-11-12(4,7-3)10-6-2/h5-11H2,1-4H3/q+1. The second kappa shape index (κ2) is 6.47. The summed E-state index contributed by atoms with van der Waals surface area (Å²) >= 11 is 0. The van der Waals surface area contributed by atoms with Gasteiger partial charge in [0.15, 0.2) is 0 Å². The van der Waals surface area contributed by atoms with Crippen LogP contribution in [0.2, 0.25) is 0 Å². The zero-order valence-corrected chi connectivity index (χ0v) is 9.40. The molecule has 1 heteroatoms. The minimum Gasteiger partial charge on any atom is -0.326 e. The molecule has 0 saturated heterocycles. The van der Waals surface area contributed by atoms with Crippen molar-refractivity contribution in [2.45, 2.75) is 46.5 Å². The van der Waals surface area contributed by atoms with Crippen LogP contribution in [0.25, 0.3) is 0 Å². The van der Waals surface area contributed by atoms with Crippen LogP contribution in [-0.4, -0.2) is 31.2 Å². The van der Waals surface area contributed by atoms with E-state index < -0.39 is 0 Å². The first-order valence-corrected chi connectivity index (χ1v) is 5.52. The lowest BCUT2D eigenvalue weighted by atomic mass is 10.2. The molecular weight excluding hydrogens is 146 g/mol. The fourth-order valence-corrected chi connectivity index (χ4v) is 1.71. The molecule has 0 aliphatic rings. The molecule has 1 atom stereocenters. The van der Waals surface area contributed by atoms with Crippen LogP contribution < -0.4 is 0 Å². The largest absolute Gasteiger partial charge is 0.326 e. The van der Waals surface area contributed by atoms with Crippen LogP contribution >= 0.6 is 0 Å². The van der Waals surface area contributed by atoms with Crippen molar-refractivity contribution >= 4 is 0 Å². The Hall–Kier alpha value is -0.0400. The molecule has 0 aromatic heterocycles. The molecule has 0 radical (unpaired) electrons. The molecule has 0 amide bonds. The van der Waals surface area contributed by atoms with Crippen molar-refractivity contribution in [1.82, 2.24) is 0 Å². The van der Waals surface area contributed by atoms with Gasteiger partial charge in [0.25, 0.3) is 0 Å². The van der Waals surface area contributed by atoms with Gasteiger partial charge in [-0.05, 0) is 26.2 Å². The summed E-state index contributed by atoms with van der Waals surface area (Å²) < 4.78 is 1.27. The summed E-state index contributed by atoms with van der Waals surface area (Å²) in [6.07, 6.45) is 5.46. The average molecular weight is 172 g/mol. The smallest absolute Gasteiger partial charge is 0.0784 e. The first-order chi connectivity index (χ1) is 5.68. The summed E-state index contributed by atoms with van der Waals surface area (Å²) in [6, 6.07) is 0. The van der Waals surface area contributed by atoms with Crippen LogP contribution in [0.3, 0.4) is 0 Å². The maximum Gasteiger partial charge on any atom is 0.0784 e. The summed E-state index contributed by atoms with van der Waals surface area (Å²) in [5, 5.41) is 0. The summed E-state index contributed by atoms with van der Waals surface area (Å²) in [6.45, 7) is 10.9. The molecule has 0 aliphatic heterocycles. The van der Waals surface area contributed by atoms with Crippen LogP contribution in [0.15, 0.2) is 0 Å². The molecular formula is C11H26N+. The highest BCUT2D eigenvalue weighted by Crippen LogP contribution is 2.07. The van der Waals surface area contributed by atoms with Gasteiger partial charge < -0.3 is 4.48 Å². The van der Waals surface area contributed by atoms with Crippen molar-refractivity contribution in [2.75, 3.05) is 26.7 Å². The Kier molecular flexibility index (Phi) is 6.45. The van der Waals surface area contributed by atoms with Gasteiger partial charge in [-0.3, -0.25) is 0 Å². The van der Waals surface area contributed by atoms with E-state index in [2.05, 4.69) is 27.8 Å². The highest BCUT2D eigenvalue weighted by Gasteiger charge is 2.16. The van der Waals surface area contributed by atoms with E-state index in [9.17, 15) is 0 Å². The van der Waals surface area contributed by atoms with Gasteiger partial charge in [0.05, 0.1) is 26.7 Å². The highest BCUT2D eigenvalue weighted by molar-refractivity contribution is 4.40. The monoisotopic (exact) mass is 172 g/mol. The summed E-state index contributed by atoms with van der Waals surface area (Å²) in [7, 11) is 2.39. The highest BCUT2D eigenvalue weighted by atomic mass is 15.3. The minimum atomic E-state index is 1.27. The lowest BCUT2D eigenvalue weighted by molar-refractivity contribution is -0.908. The van der Waals surface area contributed by atoms with Crippen molar-refractivity contribution < 1.29 is 4.48 Å². The van der Waals surface area contributed by atoms with Crippen LogP contribution in [0.5, 0.6) is 0 Å². The van der Waals surface area contributed by atoms with E-state index in [4.69, 9.17) is 0 Å². The van der Waals surface area contributed by atoms with Gasteiger partial charge in [0.2, 0.25) is 0 Å². The Balaban J connectivity index is 3.63. The quantitative estimate of drug-likeness (QED) is 0.409. The predicted octanol–water partition coefficient (Wildman–Crippen LogP) is 3.05. The summed E-state index contributed by atoms with van der Waals surface area (Å²) in [5.41, 5.74) is 0. The van der Waals surface area contributed by atoms with E-state index in [-0.39, 0.29) is 0 Å². The zero-order valence-electron chi connectivity index (χ0n) is 9.40. The molecule has 1 unspecified atom stereocenters. The van der Waals surface area contributed by atoms with Gasteiger partial charge in [-0.15, -0.1) is 0 Å². The van der Waals surface area contributed by atoms with Crippen LogP contribution in [0, 0.1) is 0 Å². The van der Waals surface area contributed by atoms with Crippen molar-refractivity contribution in [2.24, 2.45) is 0 Å². The molecule has 0 heterocycles. The molecule has 74 valence electrons. The molecule has 0 N–H and O–H groups in total. The molecule has 0 aliphatic carbocycles. The van der Waals surface area contributed by atoms with Gasteiger partial charge in [0.1, 0.15) is 0 Å². The van der Waals surface area contributed by atoms with Crippen LogP contribution in [0.1, 0.15) is 46.5 Å². The second-order valence-corrected chi connectivity index (χ2v) is 4.09. The van der Waals surface area contributed by atoms with Crippen molar-refractivity contribution in [3.05, 3.63) is 0 Å². The van der Waals surface area contributed by atoms with E-state index in [1.54, 1.807) is 0 Å². The summed E-state index contributed by atoms with van der Waals surface area (Å²) in [5.74, 6) is 0. The van der Waals surface area contributed by atoms with Gasteiger partial charge >= 0.3 is 0 Å². The number of hydrogen-bond acceptors (Lipinski definition) is 0. The Morgan fingerprint density at radius 1 is 0.833 bits per heavy atom. The summed E-state index contributed by atoms with van der Waals surface area (Å²) in [4.78, 5) is 0. The molecule has 0 rings (SSSR count). The van der Waals surface area contributed by atoms with Gasteiger partial charge in [-0.25, -0.2) is 0 Å². The normalized spacial score (nSPS) is 16.0. The molecule has 0 fully saturated rings. The number of nitrogens with zero attached hydrogens (tertiary/aromatic N) is 1. The topological polar surface area (TPSA) is 0 Å². The Labute approximate surface area is 78.4 Å². The lowest BCUT2D eigenvalue weighted by Crippen LogP contribution is -2.45. The third-order valence-electron chi connectivity index (χ3n) is 2.83. The van der Waals surface area contributed by atoms with Crippen molar-refractivity contribution in [3.63, 3.8) is 0 Å². The second-order valence-electron chi connectivity index (χ2n) is 4.09. The molecule has 0 aromatic carbocycles. The lowest BCUT2D eigenvalue weighted by Gasteiger charge is -2.33. The van der Waals surface area contributed by atoms with Crippen molar-refractivity contribution in [3.8, 4) is 0 Å². The fourth-order valence-electron chi connectivity index (χ4n) is 1.71. The van der Waals surface area contributed by atoms with E-state index >= 15 is 0 Å². The van der Waals surface area contributed by atoms with E-state index in [0.29, 0.717) is 0 Å². The first kappa shape index (κ1) is 12.0. The molecule has 1 nitrogen and oxygen atoms in total. The van der Waals surface area contributed by atoms with Crippen molar-refractivity contribution in [1.29, 1.82) is 0 Å². The number of quaternary nitrogens is 1. The number of rotatable bonds is 7. The van der Waals surface area contributed by atoms with Crippen LogP contribution in [0.4, 0.5) is 0 Å².